The van der Waals surface area contributed by atoms with E-state index in [0.717, 1.165) is 5.57 Å². The van der Waals surface area contributed by atoms with Crippen LogP contribution in [0.3, 0.4) is 0 Å². The SMILES string of the molecule is C/C=C/C(C)=C\OC1C=C(C)C(=O)O1. The first-order valence-corrected chi connectivity index (χ1v) is 4.48. The lowest BCUT2D eigenvalue weighted by Gasteiger charge is -2.07. The number of carbonyl (C=O) groups excluding carboxylic acids is 1. The van der Waals surface area contributed by atoms with Gasteiger partial charge in [0.05, 0.1) is 6.26 Å². The van der Waals surface area contributed by atoms with Crippen molar-refractivity contribution >= 4 is 5.97 Å². The zero-order valence-corrected chi connectivity index (χ0v) is 8.61. The largest absolute Gasteiger partial charge is 0.458 e. The van der Waals surface area contributed by atoms with E-state index in [1.807, 2.05) is 26.0 Å². The molecular weight excluding hydrogens is 180 g/mol. The molecule has 3 heteroatoms. The molecule has 0 spiro atoms. The summed E-state index contributed by atoms with van der Waals surface area (Å²) >= 11 is 0. The fourth-order valence-corrected chi connectivity index (χ4v) is 1.05. The van der Waals surface area contributed by atoms with Crippen LogP contribution >= 0.6 is 0 Å². The second-order valence-electron chi connectivity index (χ2n) is 3.12. The van der Waals surface area contributed by atoms with E-state index in [1.54, 1.807) is 19.3 Å². The molecule has 0 saturated carbocycles. The van der Waals surface area contributed by atoms with Gasteiger partial charge in [0.25, 0.3) is 6.29 Å². The molecule has 1 heterocycles. The summed E-state index contributed by atoms with van der Waals surface area (Å²) in [5, 5.41) is 0. The Morgan fingerprint density at radius 3 is 2.86 bits per heavy atom. The van der Waals surface area contributed by atoms with Crippen molar-refractivity contribution in [1.82, 2.24) is 0 Å². The summed E-state index contributed by atoms with van der Waals surface area (Å²) < 4.78 is 10.1. The second-order valence-corrected chi connectivity index (χ2v) is 3.12. The van der Waals surface area contributed by atoms with Gasteiger partial charge < -0.3 is 9.47 Å². The number of carbonyl (C=O) groups is 1. The Kier molecular flexibility index (Phi) is 3.51. The quantitative estimate of drug-likeness (QED) is 0.393. The van der Waals surface area contributed by atoms with E-state index in [-0.39, 0.29) is 5.97 Å². The fourth-order valence-electron chi connectivity index (χ4n) is 1.05. The van der Waals surface area contributed by atoms with Crippen LogP contribution in [0.2, 0.25) is 0 Å². The predicted octanol–water partition coefficient (Wildman–Crippen LogP) is 2.31. The van der Waals surface area contributed by atoms with Gasteiger partial charge in [-0.2, -0.15) is 0 Å². The summed E-state index contributed by atoms with van der Waals surface area (Å²) in [5.41, 5.74) is 1.56. The number of rotatable bonds is 3. The summed E-state index contributed by atoms with van der Waals surface area (Å²) in [4.78, 5) is 10.9. The summed E-state index contributed by atoms with van der Waals surface area (Å²) in [6.45, 7) is 5.54. The molecule has 1 aliphatic heterocycles. The van der Waals surface area contributed by atoms with Crippen LogP contribution in [-0.4, -0.2) is 12.3 Å². The van der Waals surface area contributed by atoms with Crippen LogP contribution in [0.15, 0.2) is 35.6 Å². The summed E-state index contributed by atoms with van der Waals surface area (Å²) in [7, 11) is 0. The van der Waals surface area contributed by atoms with Crippen molar-refractivity contribution < 1.29 is 14.3 Å². The zero-order valence-electron chi connectivity index (χ0n) is 8.61. The maximum Gasteiger partial charge on any atom is 0.336 e. The van der Waals surface area contributed by atoms with Gasteiger partial charge in [0.15, 0.2) is 0 Å². The van der Waals surface area contributed by atoms with Crippen LogP contribution in [0.5, 0.6) is 0 Å². The first-order valence-electron chi connectivity index (χ1n) is 4.48. The molecule has 0 saturated heterocycles. The lowest BCUT2D eigenvalue weighted by atomic mass is 10.3. The van der Waals surface area contributed by atoms with Crippen LogP contribution in [0, 0.1) is 0 Å². The molecule has 1 unspecified atom stereocenters. The highest BCUT2D eigenvalue weighted by Gasteiger charge is 2.22. The van der Waals surface area contributed by atoms with Crippen molar-refractivity contribution in [3.8, 4) is 0 Å². The van der Waals surface area contributed by atoms with Gasteiger partial charge in [0, 0.05) is 11.6 Å². The molecule has 1 rings (SSSR count). The Morgan fingerprint density at radius 2 is 2.36 bits per heavy atom. The minimum Gasteiger partial charge on any atom is -0.458 e. The molecule has 0 aromatic rings. The van der Waals surface area contributed by atoms with E-state index in [0.29, 0.717) is 5.57 Å². The Bertz CT molecular complexity index is 310. The Labute approximate surface area is 83.7 Å². The van der Waals surface area contributed by atoms with Crippen LogP contribution in [0.25, 0.3) is 0 Å². The highest BCUT2D eigenvalue weighted by molar-refractivity contribution is 5.89. The molecule has 0 N–H and O–H groups in total. The first-order chi connectivity index (χ1) is 6.63. The Balaban J connectivity index is 2.48. The second kappa shape index (κ2) is 4.65. The van der Waals surface area contributed by atoms with Crippen molar-refractivity contribution in [2.45, 2.75) is 27.1 Å². The highest BCUT2D eigenvalue weighted by Crippen LogP contribution is 2.14. The third kappa shape index (κ3) is 2.76. The monoisotopic (exact) mass is 194 g/mol. The highest BCUT2D eigenvalue weighted by atomic mass is 16.7. The molecule has 0 aliphatic carbocycles. The smallest absolute Gasteiger partial charge is 0.336 e. The number of ether oxygens (including phenoxy) is 2. The molecule has 1 atom stereocenters. The van der Waals surface area contributed by atoms with Crippen molar-refractivity contribution in [1.29, 1.82) is 0 Å². The zero-order chi connectivity index (χ0) is 10.6. The molecule has 76 valence electrons. The molecule has 14 heavy (non-hydrogen) atoms. The lowest BCUT2D eigenvalue weighted by molar-refractivity contribution is -0.152. The molecule has 0 amide bonds. The third-order valence-electron chi connectivity index (χ3n) is 1.75. The van der Waals surface area contributed by atoms with Gasteiger partial charge in [-0.1, -0.05) is 12.2 Å². The maximum absolute atomic E-state index is 10.9. The topological polar surface area (TPSA) is 35.5 Å². The van der Waals surface area contributed by atoms with Gasteiger partial charge in [-0.3, -0.25) is 0 Å². The standard InChI is InChI=1S/C11H14O3/c1-4-5-8(2)7-13-10-6-9(3)11(12)14-10/h4-7,10H,1-3H3/b5-4+,8-7-. The number of esters is 1. The van der Waals surface area contributed by atoms with Crippen molar-refractivity contribution in [3.05, 3.63) is 35.6 Å². The summed E-state index contributed by atoms with van der Waals surface area (Å²) in [6, 6.07) is 0. The molecule has 0 aromatic carbocycles. The number of allylic oxidation sites excluding steroid dienone is 3. The molecule has 3 nitrogen and oxygen atoms in total. The molecule has 0 bridgehead atoms. The Hall–Kier alpha value is -1.51. The fraction of sp³-hybridized carbons (Fsp3) is 0.364. The first kappa shape index (κ1) is 10.6. The molecule has 0 fully saturated rings. The van der Waals surface area contributed by atoms with Gasteiger partial charge in [-0.05, 0) is 26.3 Å². The lowest BCUT2D eigenvalue weighted by Crippen LogP contribution is -2.09. The van der Waals surface area contributed by atoms with Crippen LogP contribution in [0.1, 0.15) is 20.8 Å². The van der Waals surface area contributed by atoms with Gasteiger partial charge >= 0.3 is 5.97 Å². The van der Waals surface area contributed by atoms with Crippen LogP contribution in [0.4, 0.5) is 0 Å². The van der Waals surface area contributed by atoms with E-state index >= 15 is 0 Å². The minimum atomic E-state index is -0.567. The van der Waals surface area contributed by atoms with Gasteiger partial charge in [-0.15, -0.1) is 0 Å². The van der Waals surface area contributed by atoms with Gasteiger partial charge in [-0.25, -0.2) is 4.79 Å². The van der Waals surface area contributed by atoms with E-state index in [9.17, 15) is 4.79 Å². The Morgan fingerprint density at radius 1 is 1.64 bits per heavy atom. The van der Waals surface area contributed by atoms with Crippen LogP contribution in [-0.2, 0) is 14.3 Å². The minimum absolute atomic E-state index is 0.313. The average molecular weight is 194 g/mol. The maximum atomic E-state index is 10.9. The number of cyclic esters (lactones) is 1. The molecular formula is C11H14O3. The molecule has 0 radical (unpaired) electrons. The van der Waals surface area contributed by atoms with E-state index in [4.69, 9.17) is 9.47 Å². The van der Waals surface area contributed by atoms with E-state index in [2.05, 4.69) is 0 Å². The van der Waals surface area contributed by atoms with Crippen LogP contribution < -0.4 is 0 Å². The van der Waals surface area contributed by atoms with E-state index < -0.39 is 6.29 Å². The van der Waals surface area contributed by atoms with E-state index in [1.165, 1.54) is 0 Å². The molecule has 1 aliphatic rings. The summed E-state index contributed by atoms with van der Waals surface area (Å²) in [5.74, 6) is -0.313. The van der Waals surface area contributed by atoms with Crippen molar-refractivity contribution in [2.75, 3.05) is 0 Å². The normalized spacial score (nSPS) is 22.5. The summed E-state index contributed by atoms with van der Waals surface area (Å²) in [6.07, 6.45) is 6.49. The van der Waals surface area contributed by atoms with Crippen molar-refractivity contribution in [3.63, 3.8) is 0 Å². The number of hydrogen-bond acceptors (Lipinski definition) is 3. The third-order valence-corrected chi connectivity index (χ3v) is 1.75. The predicted molar refractivity (Wildman–Crippen MR) is 53.3 cm³/mol. The van der Waals surface area contributed by atoms with Crippen molar-refractivity contribution in [2.24, 2.45) is 0 Å². The van der Waals surface area contributed by atoms with Gasteiger partial charge in [0.1, 0.15) is 0 Å². The molecule has 0 aromatic heterocycles. The van der Waals surface area contributed by atoms with Gasteiger partial charge in [0.2, 0.25) is 0 Å². The average Bonchev–Trinajstić information content (AvgIpc) is 2.44. The number of hydrogen-bond donors (Lipinski definition) is 0.